The molecule has 1 rings (SSSR count). The summed E-state index contributed by atoms with van der Waals surface area (Å²) in [6.07, 6.45) is -0.956. The van der Waals surface area contributed by atoms with Crippen molar-refractivity contribution in [3.8, 4) is 0 Å². The van der Waals surface area contributed by atoms with E-state index in [0.717, 1.165) is 11.4 Å². The highest BCUT2D eigenvalue weighted by molar-refractivity contribution is 7.98. The van der Waals surface area contributed by atoms with Gasteiger partial charge in [0.15, 0.2) is 6.10 Å². The van der Waals surface area contributed by atoms with Crippen molar-refractivity contribution in [1.29, 1.82) is 0 Å². The molecule has 0 aromatic carbocycles. The summed E-state index contributed by atoms with van der Waals surface area (Å²) >= 11 is 3.12. The van der Waals surface area contributed by atoms with Crippen LogP contribution in [0.3, 0.4) is 0 Å². The van der Waals surface area contributed by atoms with Gasteiger partial charge in [-0.3, -0.25) is 0 Å². The van der Waals surface area contributed by atoms with Crippen LogP contribution < -0.4 is 0 Å². The minimum absolute atomic E-state index is 0.282. The predicted octanol–water partition coefficient (Wildman–Crippen LogP) is 1.21. The molecule has 1 heterocycles. The molecular formula is C8H11NO3S2. The van der Waals surface area contributed by atoms with Gasteiger partial charge < -0.3 is 10.2 Å². The van der Waals surface area contributed by atoms with Gasteiger partial charge in [0.05, 0.1) is 11.2 Å². The van der Waals surface area contributed by atoms with Gasteiger partial charge in [0.2, 0.25) is 0 Å². The molecule has 1 atom stereocenters. The Balaban J connectivity index is 2.08. The molecule has 1 aromatic rings. The Morgan fingerprint density at radius 3 is 3.07 bits per heavy atom. The van der Waals surface area contributed by atoms with E-state index in [-0.39, 0.29) is 6.42 Å². The number of rotatable bonds is 6. The van der Waals surface area contributed by atoms with Crippen molar-refractivity contribution < 1.29 is 15.0 Å². The van der Waals surface area contributed by atoms with Crippen molar-refractivity contribution in [2.45, 2.75) is 18.3 Å². The van der Waals surface area contributed by atoms with Crippen molar-refractivity contribution >= 4 is 29.1 Å². The number of hydrogen-bond donors (Lipinski definition) is 2. The van der Waals surface area contributed by atoms with Crippen molar-refractivity contribution in [3.63, 3.8) is 0 Å². The van der Waals surface area contributed by atoms with Crippen LogP contribution in [0.15, 0.2) is 10.9 Å². The Hall–Kier alpha value is -0.590. The third-order valence-corrected chi connectivity index (χ3v) is 3.21. The number of thioether (sulfide) groups is 1. The zero-order valence-electron chi connectivity index (χ0n) is 7.42. The van der Waals surface area contributed by atoms with Gasteiger partial charge in [0.25, 0.3) is 0 Å². The summed E-state index contributed by atoms with van der Waals surface area (Å²) in [5.41, 5.74) is 2.77. The Morgan fingerprint density at radius 1 is 1.71 bits per heavy atom. The van der Waals surface area contributed by atoms with E-state index in [1.54, 1.807) is 28.6 Å². The molecule has 14 heavy (non-hydrogen) atoms. The van der Waals surface area contributed by atoms with Crippen LogP contribution in [0.4, 0.5) is 0 Å². The van der Waals surface area contributed by atoms with Crippen molar-refractivity contribution in [2.75, 3.05) is 5.75 Å². The number of carboxylic acid groups (broad SMARTS) is 1. The van der Waals surface area contributed by atoms with E-state index in [2.05, 4.69) is 4.98 Å². The topological polar surface area (TPSA) is 70.4 Å². The molecule has 2 N–H and O–H groups in total. The molecule has 1 aromatic heterocycles. The molecule has 0 saturated heterocycles. The Morgan fingerprint density at radius 2 is 2.50 bits per heavy atom. The molecule has 0 amide bonds. The van der Waals surface area contributed by atoms with E-state index in [1.807, 2.05) is 5.38 Å². The highest BCUT2D eigenvalue weighted by Gasteiger charge is 2.11. The first-order valence-electron chi connectivity index (χ1n) is 4.06. The van der Waals surface area contributed by atoms with Crippen molar-refractivity contribution in [3.05, 3.63) is 16.6 Å². The fourth-order valence-electron chi connectivity index (χ4n) is 0.804. The smallest absolute Gasteiger partial charge is 0.332 e. The summed E-state index contributed by atoms with van der Waals surface area (Å²) in [6.45, 7) is 0. The maximum absolute atomic E-state index is 10.3. The van der Waals surface area contributed by atoms with Gasteiger partial charge in [-0.25, -0.2) is 9.78 Å². The SMILES string of the molecule is O=C(O)C(O)CCSCc1cscn1. The Labute approximate surface area is 90.0 Å². The fraction of sp³-hybridized carbons (Fsp3) is 0.500. The average molecular weight is 233 g/mol. The normalized spacial score (nSPS) is 12.6. The maximum Gasteiger partial charge on any atom is 0.332 e. The maximum atomic E-state index is 10.3. The minimum atomic E-state index is -1.24. The van der Waals surface area contributed by atoms with E-state index in [9.17, 15) is 4.79 Å². The molecule has 0 spiro atoms. The highest BCUT2D eigenvalue weighted by atomic mass is 32.2. The molecule has 0 bridgehead atoms. The number of thiazole rings is 1. The number of aliphatic hydroxyl groups excluding tert-OH is 1. The highest BCUT2D eigenvalue weighted by Crippen LogP contribution is 2.13. The van der Waals surface area contributed by atoms with E-state index in [4.69, 9.17) is 10.2 Å². The Bertz CT molecular complexity index is 276. The summed E-state index contributed by atoms with van der Waals surface area (Å²) in [5.74, 6) is 0.250. The van der Waals surface area contributed by atoms with Crippen LogP contribution in [0.2, 0.25) is 0 Å². The first kappa shape index (κ1) is 11.5. The summed E-state index contributed by atoms with van der Waals surface area (Å²) in [6, 6.07) is 0. The average Bonchev–Trinajstić information content (AvgIpc) is 2.64. The minimum Gasteiger partial charge on any atom is -0.479 e. The van der Waals surface area contributed by atoms with Crippen LogP contribution in [-0.2, 0) is 10.5 Å². The van der Waals surface area contributed by atoms with Crippen molar-refractivity contribution in [1.82, 2.24) is 4.98 Å². The molecule has 1 unspecified atom stereocenters. The van der Waals surface area contributed by atoms with Crippen LogP contribution in [-0.4, -0.2) is 33.0 Å². The third kappa shape index (κ3) is 4.08. The number of aliphatic carboxylic acids is 1. The molecule has 0 aliphatic rings. The number of aliphatic hydroxyl groups is 1. The van der Waals surface area contributed by atoms with Crippen LogP contribution in [0, 0.1) is 0 Å². The molecule has 78 valence electrons. The monoisotopic (exact) mass is 233 g/mol. The number of nitrogens with zero attached hydrogens (tertiary/aromatic N) is 1. The van der Waals surface area contributed by atoms with Crippen LogP contribution in [0.5, 0.6) is 0 Å². The lowest BCUT2D eigenvalue weighted by atomic mass is 10.3. The lowest BCUT2D eigenvalue weighted by Gasteiger charge is -2.03. The van der Waals surface area contributed by atoms with Crippen LogP contribution in [0.25, 0.3) is 0 Å². The lowest BCUT2D eigenvalue weighted by Crippen LogP contribution is -2.19. The zero-order chi connectivity index (χ0) is 10.4. The molecule has 4 nitrogen and oxygen atoms in total. The Kier molecular flexibility index (Phi) is 4.92. The van der Waals surface area contributed by atoms with E-state index >= 15 is 0 Å². The second kappa shape index (κ2) is 6.00. The quantitative estimate of drug-likeness (QED) is 0.723. The van der Waals surface area contributed by atoms with E-state index in [1.165, 1.54) is 0 Å². The molecule has 0 saturated carbocycles. The van der Waals surface area contributed by atoms with Gasteiger partial charge in [-0.15, -0.1) is 11.3 Å². The second-order valence-corrected chi connectivity index (χ2v) is 4.50. The van der Waals surface area contributed by atoms with Gasteiger partial charge in [0, 0.05) is 11.1 Å². The number of carboxylic acids is 1. The molecule has 0 radical (unpaired) electrons. The molecule has 0 aliphatic heterocycles. The lowest BCUT2D eigenvalue weighted by molar-refractivity contribution is -0.146. The van der Waals surface area contributed by atoms with Crippen molar-refractivity contribution in [2.24, 2.45) is 0 Å². The third-order valence-electron chi connectivity index (χ3n) is 1.55. The summed E-state index contributed by atoms with van der Waals surface area (Å²) in [4.78, 5) is 14.3. The van der Waals surface area contributed by atoms with E-state index in [0.29, 0.717) is 5.75 Å². The largest absolute Gasteiger partial charge is 0.479 e. The predicted molar refractivity (Wildman–Crippen MR) is 56.5 cm³/mol. The van der Waals surface area contributed by atoms with Gasteiger partial charge in [-0.1, -0.05) is 0 Å². The molecule has 0 aliphatic carbocycles. The van der Waals surface area contributed by atoms with Gasteiger partial charge in [-0.2, -0.15) is 11.8 Å². The zero-order valence-corrected chi connectivity index (χ0v) is 9.05. The first-order chi connectivity index (χ1) is 6.70. The number of aromatic nitrogens is 1. The molecular weight excluding hydrogens is 222 g/mol. The summed E-state index contributed by atoms with van der Waals surface area (Å²) < 4.78 is 0. The number of hydrogen-bond acceptors (Lipinski definition) is 5. The standard InChI is InChI=1S/C8H11NO3S2/c10-7(8(11)12)1-2-13-3-6-4-14-5-9-6/h4-5,7,10H,1-3H2,(H,11,12). The second-order valence-electron chi connectivity index (χ2n) is 2.68. The molecule has 0 fully saturated rings. The summed E-state index contributed by atoms with van der Waals surface area (Å²) in [5, 5.41) is 19.3. The van der Waals surface area contributed by atoms with Crippen LogP contribution in [0.1, 0.15) is 12.1 Å². The van der Waals surface area contributed by atoms with Gasteiger partial charge >= 0.3 is 5.97 Å². The fourth-order valence-corrected chi connectivity index (χ4v) is 2.37. The summed E-state index contributed by atoms with van der Waals surface area (Å²) in [7, 11) is 0. The van der Waals surface area contributed by atoms with Crippen LogP contribution >= 0.6 is 23.1 Å². The van der Waals surface area contributed by atoms with Gasteiger partial charge in [0.1, 0.15) is 0 Å². The van der Waals surface area contributed by atoms with E-state index < -0.39 is 12.1 Å². The number of carbonyl (C=O) groups is 1. The van der Waals surface area contributed by atoms with Gasteiger partial charge in [-0.05, 0) is 12.2 Å². The first-order valence-corrected chi connectivity index (χ1v) is 6.15. The molecule has 6 heteroatoms.